The average Bonchev–Trinajstić information content (AvgIpc) is 2.92. The van der Waals surface area contributed by atoms with Crippen molar-refractivity contribution in [1.29, 1.82) is 0 Å². The minimum atomic E-state index is -1.02. The first-order chi connectivity index (χ1) is 10.9. The summed E-state index contributed by atoms with van der Waals surface area (Å²) in [4.78, 5) is 23.6. The van der Waals surface area contributed by atoms with Crippen LogP contribution in [0.4, 0.5) is 5.69 Å². The van der Waals surface area contributed by atoms with E-state index < -0.39 is 5.97 Å². The van der Waals surface area contributed by atoms with Crippen LogP contribution in [0.1, 0.15) is 57.2 Å². The number of hydrogen-bond acceptors (Lipinski definition) is 3. The lowest BCUT2D eigenvalue weighted by atomic mass is 10.0. The van der Waals surface area contributed by atoms with Gasteiger partial charge in [-0.1, -0.05) is 19.9 Å². The number of aryl methyl sites for hydroxylation is 4. The SMILES string of the molecule is CCc1cc(C(=O)Nc2cc(C(=O)O)c(C)cc2C)oc1CC. The summed E-state index contributed by atoms with van der Waals surface area (Å²) in [5.41, 5.74) is 3.13. The van der Waals surface area contributed by atoms with Crippen LogP contribution in [0.25, 0.3) is 0 Å². The van der Waals surface area contributed by atoms with E-state index in [1.54, 1.807) is 19.1 Å². The fourth-order valence-electron chi connectivity index (χ4n) is 2.58. The number of benzene rings is 1. The molecule has 1 aromatic carbocycles. The highest BCUT2D eigenvalue weighted by Crippen LogP contribution is 2.23. The van der Waals surface area contributed by atoms with Gasteiger partial charge in [0.1, 0.15) is 5.76 Å². The summed E-state index contributed by atoms with van der Waals surface area (Å²) in [6.45, 7) is 7.54. The third-order valence-electron chi connectivity index (χ3n) is 3.87. The maximum Gasteiger partial charge on any atom is 0.336 e. The number of aromatic carboxylic acids is 1. The number of anilines is 1. The number of amides is 1. The molecule has 23 heavy (non-hydrogen) atoms. The summed E-state index contributed by atoms with van der Waals surface area (Å²) >= 11 is 0. The first-order valence-corrected chi connectivity index (χ1v) is 7.64. The van der Waals surface area contributed by atoms with Gasteiger partial charge in [0.25, 0.3) is 5.91 Å². The zero-order valence-corrected chi connectivity index (χ0v) is 13.8. The smallest absolute Gasteiger partial charge is 0.336 e. The largest absolute Gasteiger partial charge is 0.478 e. The summed E-state index contributed by atoms with van der Waals surface area (Å²) < 4.78 is 5.60. The van der Waals surface area contributed by atoms with Crippen molar-refractivity contribution in [1.82, 2.24) is 0 Å². The van der Waals surface area contributed by atoms with Crippen LogP contribution in [0.2, 0.25) is 0 Å². The van der Waals surface area contributed by atoms with Gasteiger partial charge in [0.05, 0.1) is 5.56 Å². The molecule has 5 nitrogen and oxygen atoms in total. The fraction of sp³-hybridized carbons (Fsp3) is 0.333. The molecule has 0 unspecified atom stereocenters. The van der Waals surface area contributed by atoms with Crippen molar-refractivity contribution >= 4 is 17.6 Å². The van der Waals surface area contributed by atoms with Gasteiger partial charge in [-0.2, -0.15) is 0 Å². The van der Waals surface area contributed by atoms with Crippen molar-refractivity contribution in [3.05, 3.63) is 52.0 Å². The van der Waals surface area contributed by atoms with Crippen LogP contribution in [0.15, 0.2) is 22.6 Å². The molecular formula is C18H21NO4. The molecule has 0 aliphatic carbocycles. The Morgan fingerprint density at radius 3 is 2.30 bits per heavy atom. The Labute approximate surface area is 135 Å². The third kappa shape index (κ3) is 3.44. The van der Waals surface area contributed by atoms with E-state index in [1.165, 1.54) is 6.07 Å². The van der Waals surface area contributed by atoms with Crippen molar-refractivity contribution in [2.24, 2.45) is 0 Å². The zero-order chi connectivity index (χ0) is 17.1. The highest BCUT2D eigenvalue weighted by molar-refractivity contribution is 6.03. The number of nitrogens with one attached hydrogen (secondary N) is 1. The van der Waals surface area contributed by atoms with Crippen LogP contribution in [0, 0.1) is 13.8 Å². The molecule has 2 N–H and O–H groups in total. The predicted molar refractivity (Wildman–Crippen MR) is 88.3 cm³/mol. The number of hydrogen-bond donors (Lipinski definition) is 2. The van der Waals surface area contributed by atoms with Gasteiger partial charge in [0, 0.05) is 12.1 Å². The van der Waals surface area contributed by atoms with Crippen molar-refractivity contribution in [3.63, 3.8) is 0 Å². The van der Waals surface area contributed by atoms with Gasteiger partial charge in [-0.25, -0.2) is 4.79 Å². The lowest BCUT2D eigenvalue weighted by Crippen LogP contribution is -2.13. The molecule has 0 radical (unpaired) electrons. The quantitative estimate of drug-likeness (QED) is 0.875. The van der Waals surface area contributed by atoms with Crippen LogP contribution < -0.4 is 5.32 Å². The predicted octanol–water partition coefficient (Wildman–Crippen LogP) is 3.97. The highest BCUT2D eigenvalue weighted by atomic mass is 16.4. The van der Waals surface area contributed by atoms with Crippen LogP contribution in [0.3, 0.4) is 0 Å². The van der Waals surface area contributed by atoms with Gasteiger partial charge in [-0.05, 0) is 49.1 Å². The second-order valence-corrected chi connectivity index (χ2v) is 5.51. The zero-order valence-electron chi connectivity index (χ0n) is 13.8. The number of carbonyl (C=O) groups excluding carboxylic acids is 1. The van der Waals surface area contributed by atoms with E-state index >= 15 is 0 Å². The van der Waals surface area contributed by atoms with Gasteiger partial charge in [-0.3, -0.25) is 4.79 Å². The second-order valence-electron chi connectivity index (χ2n) is 5.51. The molecule has 1 heterocycles. The number of carbonyl (C=O) groups is 2. The number of rotatable bonds is 5. The highest BCUT2D eigenvalue weighted by Gasteiger charge is 2.17. The molecule has 1 aromatic heterocycles. The van der Waals surface area contributed by atoms with Gasteiger partial charge >= 0.3 is 5.97 Å². The minimum absolute atomic E-state index is 0.175. The number of furan rings is 1. The standard InChI is InChI=1S/C18H21NO4/c1-5-12-8-16(23-15(12)6-2)17(20)19-14-9-13(18(21)22)10(3)7-11(14)4/h7-9H,5-6H2,1-4H3,(H,19,20)(H,21,22). The van der Waals surface area contributed by atoms with E-state index in [2.05, 4.69) is 5.32 Å². The molecule has 0 bridgehead atoms. The number of carboxylic acid groups (broad SMARTS) is 1. The van der Waals surface area contributed by atoms with Gasteiger partial charge in [0.15, 0.2) is 5.76 Å². The maximum absolute atomic E-state index is 12.4. The summed E-state index contributed by atoms with van der Waals surface area (Å²) in [7, 11) is 0. The summed E-state index contributed by atoms with van der Waals surface area (Å²) in [5.74, 6) is -0.333. The minimum Gasteiger partial charge on any atom is -0.478 e. The molecule has 0 aliphatic heterocycles. The normalized spacial score (nSPS) is 10.6. The Morgan fingerprint density at radius 1 is 1.09 bits per heavy atom. The molecule has 5 heteroatoms. The van der Waals surface area contributed by atoms with E-state index in [9.17, 15) is 14.7 Å². The molecular weight excluding hydrogens is 294 g/mol. The maximum atomic E-state index is 12.4. The Hall–Kier alpha value is -2.56. The van der Waals surface area contributed by atoms with Gasteiger partial charge < -0.3 is 14.8 Å². The van der Waals surface area contributed by atoms with Crippen LogP contribution in [-0.4, -0.2) is 17.0 Å². The van der Waals surface area contributed by atoms with E-state index in [0.717, 1.165) is 29.7 Å². The van der Waals surface area contributed by atoms with E-state index in [0.29, 0.717) is 11.3 Å². The molecule has 0 saturated heterocycles. The summed E-state index contributed by atoms with van der Waals surface area (Å²) in [5, 5.41) is 11.9. The third-order valence-corrected chi connectivity index (χ3v) is 3.87. The second kappa shape index (κ2) is 6.69. The number of carboxylic acids is 1. The Kier molecular flexibility index (Phi) is 4.89. The van der Waals surface area contributed by atoms with Crippen molar-refractivity contribution in [3.8, 4) is 0 Å². The molecule has 0 aliphatic rings. The Morgan fingerprint density at radius 2 is 1.78 bits per heavy atom. The van der Waals surface area contributed by atoms with Crippen LogP contribution in [0.5, 0.6) is 0 Å². The summed E-state index contributed by atoms with van der Waals surface area (Å²) in [6.07, 6.45) is 1.52. The first kappa shape index (κ1) is 16.8. The Balaban J connectivity index is 2.31. The molecule has 2 rings (SSSR count). The molecule has 1 amide bonds. The average molecular weight is 315 g/mol. The first-order valence-electron chi connectivity index (χ1n) is 7.64. The molecule has 122 valence electrons. The van der Waals surface area contributed by atoms with Crippen molar-refractivity contribution in [2.75, 3.05) is 5.32 Å². The van der Waals surface area contributed by atoms with Crippen LogP contribution in [-0.2, 0) is 12.8 Å². The van der Waals surface area contributed by atoms with Crippen molar-refractivity contribution in [2.45, 2.75) is 40.5 Å². The van der Waals surface area contributed by atoms with E-state index in [-0.39, 0.29) is 17.2 Å². The van der Waals surface area contributed by atoms with Crippen LogP contribution >= 0.6 is 0 Å². The molecule has 0 spiro atoms. The lowest BCUT2D eigenvalue weighted by Gasteiger charge is -2.10. The van der Waals surface area contributed by atoms with E-state index in [1.807, 2.05) is 20.8 Å². The molecule has 0 saturated carbocycles. The molecule has 2 aromatic rings. The van der Waals surface area contributed by atoms with Gasteiger partial charge in [-0.15, -0.1) is 0 Å². The van der Waals surface area contributed by atoms with Gasteiger partial charge in [0.2, 0.25) is 0 Å². The topological polar surface area (TPSA) is 79.5 Å². The van der Waals surface area contributed by atoms with E-state index in [4.69, 9.17) is 4.42 Å². The van der Waals surface area contributed by atoms with Crippen molar-refractivity contribution < 1.29 is 19.1 Å². The molecule has 0 fully saturated rings. The Bertz CT molecular complexity index is 737. The summed E-state index contributed by atoms with van der Waals surface area (Å²) in [6, 6.07) is 4.97. The monoisotopic (exact) mass is 315 g/mol. The fourth-order valence-corrected chi connectivity index (χ4v) is 2.58. The lowest BCUT2D eigenvalue weighted by molar-refractivity contribution is 0.0695. The molecule has 0 atom stereocenters.